The number of para-hydroxylation sites is 1. The molecule has 3 aromatic carbocycles. The number of nitrogens with one attached hydrogen (secondary N) is 1. The van der Waals surface area contributed by atoms with Gasteiger partial charge in [-0.2, -0.15) is 0 Å². The highest BCUT2D eigenvalue weighted by atomic mass is 16.5. The minimum absolute atomic E-state index is 0.185. The number of rotatable bonds is 7. The van der Waals surface area contributed by atoms with Crippen LogP contribution in [0, 0.1) is 0 Å². The largest absolute Gasteiger partial charge is 0.494 e. The maximum Gasteiger partial charge on any atom is 0.256 e. The van der Waals surface area contributed by atoms with E-state index in [9.17, 15) is 4.79 Å². The lowest BCUT2D eigenvalue weighted by atomic mass is 10.0. The molecule has 0 unspecified atom stereocenters. The van der Waals surface area contributed by atoms with Crippen LogP contribution in [0.5, 0.6) is 11.5 Å². The summed E-state index contributed by atoms with van der Waals surface area (Å²) in [5.74, 6) is 1.39. The SMILES string of the molecule is CCOc1ccc(NC(=O)c2cc(-c3ccc(OCC)cc3)nc3ccccc23)cc1. The third-order valence-corrected chi connectivity index (χ3v) is 4.85. The summed E-state index contributed by atoms with van der Waals surface area (Å²) in [5, 5.41) is 3.79. The van der Waals surface area contributed by atoms with Crippen LogP contribution in [-0.2, 0) is 0 Å². The number of pyridine rings is 1. The van der Waals surface area contributed by atoms with Crippen LogP contribution in [0.4, 0.5) is 5.69 Å². The Morgan fingerprint density at radius 3 is 2.10 bits per heavy atom. The highest BCUT2D eigenvalue weighted by Crippen LogP contribution is 2.27. The zero-order chi connectivity index (χ0) is 21.6. The highest BCUT2D eigenvalue weighted by Gasteiger charge is 2.14. The topological polar surface area (TPSA) is 60.5 Å². The third kappa shape index (κ3) is 4.67. The molecule has 0 saturated heterocycles. The maximum absolute atomic E-state index is 13.2. The summed E-state index contributed by atoms with van der Waals surface area (Å²) >= 11 is 0. The first-order valence-electron chi connectivity index (χ1n) is 10.3. The Balaban J connectivity index is 1.68. The van der Waals surface area contributed by atoms with Crippen LogP contribution in [0.3, 0.4) is 0 Å². The fraction of sp³-hybridized carbons (Fsp3) is 0.154. The smallest absolute Gasteiger partial charge is 0.256 e. The number of carbonyl (C=O) groups excluding carboxylic acids is 1. The van der Waals surface area contributed by atoms with Gasteiger partial charge in [0.15, 0.2) is 0 Å². The van der Waals surface area contributed by atoms with Crippen molar-refractivity contribution in [2.45, 2.75) is 13.8 Å². The van der Waals surface area contributed by atoms with Gasteiger partial charge in [-0.3, -0.25) is 4.79 Å². The second-order valence-electron chi connectivity index (χ2n) is 6.94. The van der Waals surface area contributed by atoms with Gasteiger partial charge in [0, 0.05) is 16.6 Å². The van der Waals surface area contributed by atoms with Crippen molar-refractivity contribution >= 4 is 22.5 Å². The second kappa shape index (κ2) is 9.30. The Kier molecular flexibility index (Phi) is 6.13. The summed E-state index contributed by atoms with van der Waals surface area (Å²) in [7, 11) is 0. The summed E-state index contributed by atoms with van der Waals surface area (Å²) in [6, 6.07) is 24.6. The van der Waals surface area contributed by atoms with E-state index in [1.165, 1.54) is 0 Å². The van der Waals surface area contributed by atoms with E-state index < -0.39 is 0 Å². The molecule has 0 bridgehead atoms. The predicted octanol–water partition coefficient (Wildman–Crippen LogP) is 5.95. The number of amides is 1. The third-order valence-electron chi connectivity index (χ3n) is 4.85. The maximum atomic E-state index is 13.2. The van der Waals surface area contributed by atoms with Crippen LogP contribution in [0.1, 0.15) is 24.2 Å². The lowest BCUT2D eigenvalue weighted by Crippen LogP contribution is -2.13. The number of nitrogens with zero attached hydrogens (tertiary/aromatic N) is 1. The molecule has 1 amide bonds. The number of aromatic nitrogens is 1. The molecule has 0 aliphatic rings. The lowest BCUT2D eigenvalue weighted by molar-refractivity contribution is 0.102. The van der Waals surface area contributed by atoms with Crippen molar-refractivity contribution in [3.63, 3.8) is 0 Å². The van der Waals surface area contributed by atoms with Crippen molar-refractivity contribution in [1.82, 2.24) is 4.98 Å². The van der Waals surface area contributed by atoms with Gasteiger partial charge in [-0.15, -0.1) is 0 Å². The van der Waals surface area contributed by atoms with Crippen LogP contribution in [0.25, 0.3) is 22.2 Å². The van der Waals surface area contributed by atoms with Crippen LogP contribution in [-0.4, -0.2) is 24.1 Å². The number of hydrogen-bond donors (Lipinski definition) is 1. The Morgan fingerprint density at radius 2 is 1.45 bits per heavy atom. The van der Waals surface area contributed by atoms with Crippen molar-refractivity contribution in [2.75, 3.05) is 18.5 Å². The molecule has 0 spiro atoms. The normalized spacial score (nSPS) is 10.6. The molecule has 0 fully saturated rings. The van der Waals surface area contributed by atoms with Crippen molar-refractivity contribution in [2.24, 2.45) is 0 Å². The molecule has 0 atom stereocenters. The fourth-order valence-electron chi connectivity index (χ4n) is 3.40. The average Bonchev–Trinajstić information content (AvgIpc) is 2.80. The van der Waals surface area contributed by atoms with Crippen molar-refractivity contribution < 1.29 is 14.3 Å². The molecule has 4 rings (SSSR count). The molecule has 0 aliphatic carbocycles. The van der Waals surface area contributed by atoms with Crippen molar-refractivity contribution in [3.8, 4) is 22.8 Å². The van der Waals surface area contributed by atoms with E-state index in [1.54, 1.807) is 0 Å². The molecular formula is C26H24N2O3. The summed E-state index contributed by atoms with van der Waals surface area (Å²) in [6.07, 6.45) is 0. The summed E-state index contributed by atoms with van der Waals surface area (Å²) in [5.41, 5.74) is 3.70. The van der Waals surface area contributed by atoms with Gasteiger partial charge < -0.3 is 14.8 Å². The fourth-order valence-corrected chi connectivity index (χ4v) is 3.40. The number of ether oxygens (including phenoxy) is 2. The molecule has 31 heavy (non-hydrogen) atoms. The van der Waals surface area contributed by atoms with E-state index >= 15 is 0 Å². The highest BCUT2D eigenvalue weighted by molar-refractivity contribution is 6.13. The lowest BCUT2D eigenvalue weighted by Gasteiger charge is -2.12. The summed E-state index contributed by atoms with van der Waals surface area (Å²) in [6.45, 7) is 5.10. The molecular weight excluding hydrogens is 388 g/mol. The quantitative estimate of drug-likeness (QED) is 0.407. The minimum Gasteiger partial charge on any atom is -0.494 e. The molecule has 4 aromatic rings. The molecule has 5 heteroatoms. The molecule has 1 N–H and O–H groups in total. The second-order valence-corrected chi connectivity index (χ2v) is 6.94. The van der Waals surface area contributed by atoms with E-state index in [0.29, 0.717) is 24.5 Å². The molecule has 156 valence electrons. The Morgan fingerprint density at radius 1 is 0.839 bits per heavy atom. The predicted molar refractivity (Wildman–Crippen MR) is 124 cm³/mol. The minimum atomic E-state index is -0.185. The van der Waals surface area contributed by atoms with Gasteiger partial charge in [0.05, 0.1) is 30.0 Å². The van der Waals surface area contributed by atoms with E-state index in [2.05, 4.69) is 5.32 Å². The van der Waals surface area contributed by atoms with Crippen molar-refractivity contribution in [1.29, 1.82) is 0 Å². The standard InChI is InChI=1S/C26H24N2O3/c1-3-30-20-13-9-18(10-14-20)25-17-23(22-7-5-6-8-24(22)28-25)26(29)27-19-11-15-21(16-12-19)31-4-2/h5-17H,3-4H2,1-2H3,(H,27,29). The van der Waals surface area contributed by atoms with E-state index in [4.69, 9.17) is 14.5 Å². The number of benzene rings is 3. The van der Waals surface area contributed by atoms with E-state index in [1.807, 2.05) is 92.7 Å². The van der Waals surface area contributed by atoms with Crippen LogP contribution in [0.2, 0.25) is 0 Å². The van der Waals surface area contributed by atoms with Gasteiger partial charge in [-0.25, -0.2) is 4.98 Å². The molecule has 0 radical (unpaired) electrons. The van der Waals surface area contributed by atoms with Gasteiger partial charge in [-0.1, -0.05) is 18.2 Å². The van der Waals surface area contributed by atoms with Crippen LogP contribution in [0.15, 0.2) is 78.9 Å². The van der Waals surface area contributed by atoms with Gasteiger partial charge in [0.25, 0.3) is 5.91 Å². The number of hydrogen-bond acceptors (Lipinski definition) is 4. The molecule has 0 aliphatic heterocycles. The van der Waals surface area contributed by atoms with Crippen LogP contribution < -0.4 is 14.8 Å². The summed E-state index contributed by atoms with van der Waals surface area (Å²) in [4.78, 5) is 17.9. The number of fused-ring (bicyclic) bond motifs is 1. The van der Waals surface area contributed by atoms with Crippen LogP contribution >= 0.6 is 0 Å². The van der Waals surface area contributed by atoms with Gasteiger partial charge in [0.2, 0.25) is 0 Å². The average molecular weight is 412 g/mol. The number of carbonyl (C=O) groups is 1. The van der Waals surface area contributed by atoms with Gasteiger partial charge >= 0.3 is 0 Å². The molecule has 1 aromatic heterocycles. The van der Waals surface area contributed by atoms with E-state index in [0.717, 1.165) is 33.7 Å². The first-order chi connectivity index (χ1) is 15.2. The zero-order valence-electron chi connectivity index (χ0n) is 17.6. The Labute approximate surface area is 181 Å². The first-order valence-corrected chi connectivity index (χ1v) is 10.3. The first kappa shape index (κ1) is 20.4. The number of anilines is 1. The zero-order valence-corrected chi connectivity index (χ0v) is 17.6. The van der Waals surface area contributed by atoms with Gasteiger partial charge in [-0.05, 0) is 74.5 Å². The van der Waals surface area contributed by atoms with E-state index in [-0.39, 0.29) is 5.91 Å². The molecule has 0 saturated carbocycles. The molecule has 1 heterocycles. The Hall–Kier alpha value is -3.86. The Bertz CT molecular complexity index is 1190. The van der Waals surface area contributed by atoms with Crippen molar-refractivity contribution in [3.05, 3.63) is 84.4 Å². The monoisotopic (exact) mass is 412 g/mol. The summed E-state index contributed by atoms with van der Waals surface area (Å²) < 4.78 is 11.0. The van der Waals surface area contributed by atoms with Gasteiger partial charge in [0.1, 0.15) is 11.5 Å². The molecule has 5 nitrogen and oxygen atoms in total.